The van der Waals surface area contributed by atoms with Crippen LogP contribution in [0.25, 0.3) is 0 Å². The van der Waals surface area contributed by atoms with Gasteiger partial charge in [-0.2, -0.15) is 0 Å². The van der Waals surface area contributed by atoms with E-state index in [1.54, 1.807) is 11.8 Å². The molecule has 7 nitrogen and oxygen atoms in total. The summed E-state index contributed by atoms with van der Waals surface area (Å²) in [6.07, 6.45) is 1.67. The number of hydrogen-bond donors (Lipinski definition) is 1. The summed E-state index contributed by atoms with van der Waals surface area (Å²) in [5.74, 6) is 0.128. The number of carbonyl (C=O) groups excluding carboxylic acids is 3. The van der Waals surface area contributed by atoms with Gasteiger partial charge in [0.2, 0.25) is 5.91 Å². The van der Waals surface area contributed by atoms with Gasteiger partial charge in [0, 0.05) is 25.6 Å². The largest absolute Gasteiger partial charge is 0.484 e. The number of aryl methyl sites for hydroxylation is 2. The van der Waals surface area contributed by atoms with E-state index in [9.17, 15) is 14.4 Å². The summed E-state index contributed by atoms with van der Waals surface area (Å²) in [6.45, 7) is 7.22. The molecule has 1 heterocycles. The van der Waals surface area contributed by atoms with Gasteiger partial charge >= 0.3 is 5.97 Å². The van der Waals surface area contributed by atoms with Crippen molar-refractivity contribution in [3.05, 3.63) is 29.3 Å². The molecule has 0 aliphatic carbocycles. The number of benzene rings is 1. The van der Waals surface area contributed by atoms with Gasteiger partial charge in [0.25, 0.3) is 5.91 Å². The van der Waals surface area contributed by atoms with E-state index in [2.05, 4.69) is 5.32 Å². The van der Waals surface area contributed by atoms with Crippen LogP contribution in [0.15, 0.2) is 18.2 Å². The molecule has 1 aliphatic heterocycles. The summed E-state index contributed by atoms with van der Waals surface area (Å²) in [5.41, 5.74) is 2.30. The molecular formula is C21H30N2O5. The molecule has 0 bridgehead atoms. The Bertz CT molecular complexity index is 696. The highest BCUT2D eigenvalue weighted by molar-refractivity contribution is 5.81. The third kappa shape index (κ3) is 6.87. The van der Waals surface area contributed by atoms with Crippen LogP contribution in [-0.4, -0.2) is 55.0 Å². The van der Waals surface area contributed by atoms with Crippen LogP contribution in [0.3, 0.4) is 0 Å². The van der Waals surface area contributed by atoms with Gasteiger partial charge in [-0.25, -0.2) is 0 Å². The smallest absolute Gasteiger partial charge is 0.306 e. The molecule has 1 aromatic rings. The Labute approximate surface area is 166 Å². The van der Waals surface area contributed by atoms with Crippen LogP contribution in [0.5, 0.6) is 5.75 Å². The van der Waals surface area contributed by atoms with E-state index < -0.39 is 0 Å². The average molecular weight is 390 g/mol. The number of rotatable bonds is 8. The van der Waals surface area contributed by atoms with Gasteiger partial charge in [-0.1, -0.05) is 6.07 Å². The van der Waals surface area contributed by atoms with E-state index >= 15 is 0 Å². The number of nitrogens with zero attached hydrogens (tertiary/aromatic N) is 1. The Morgan fingerprint density at radius 2 is 1.82 bits per heavy atom. The third-order valence-corrected chi connectivity index (χ3v) is 4.91. The molecular weight excluding hydrogens is 360 g/mol. The van der Waals surface area contributed by atoms with E-state index in [0.717, 1.165) is 5.56 Å². The normalized spacial score (nSPS) is 14.5. The molecule has 7 heteroatoms. The standard InChI is InChI=1S/C21H30N2O5/c1-4-27-21(26)8-7-20(25)23-11-9-17(10-12-23)22-19(24)14-28-18-6-5-15(2)16(3)13-18/h5-6,13,17H,4,7-12,14H2,1-3H3,(H,22,24). The van der Waals surface area contributed by atoms with Crippen LogP contribution in [0.4, 0.5) is 0 Å². The Balaban J connectivity index is 1.67. The van der Waals surface area contributed by atoms with E-state index in [1.807, 2.05) is 32.0 Å². The highest BCUT2D eigenvalue weighted by Gasteiger charge is 2.24. The molecule has 2 amide bonds. The van der Waals surface area contributed by atoms with Crippen LogP contribution in [0.1, 0.15) is 43.7 Å². The summed E-state index contributed by atoms with van der Waals surface area (Å²) in [4.78, 5) is 37.4. The number of ether oxygens (including phenoxy) is 2. The molecule has 0 unspecified atom stereocenters. The maximum absolute atomic E-state index is 12.2. The van der Waals surface area contributed by atoms with Crippen LogP contribution < -0.4 is 10.1 Å². The summed E-state index contributed by atoms with van der Waals surface area (Å²) >= 11 is 0. The third-order valence-electron chi connectivity index (χ3n) is 4.91. The van der Waals surface area contributed by atoms with E-state index in [4.69, 9.17) is 9.47 Å². The molecule has 1 saturated heterocycles. The minimum Gasteiger partial charge on any atom is -0.484 e. The zero-order valence-corrected chi connectivity index (χ0v) is 17.0. The van der Waals surface area contributed by atoms with Crippen molar-refractivity contribution in [3.8, 4) is 5.75 Å². The predicted molar refractivity (Wildman–Crippen MR) is 105 cm³/mol. The van der Waals surface area contributed by atoms with Crippen LogP contribution in [-0.2, 0) is 19.1 Å². The van der Waals surface area contributed by atoms with Crippen LogP contribution in [0, 0.1) is 13.8 Å². The van der Waals surface area contributed by atoms with Crippen molar-refractivity contribution in [3.63, 3.8) is 0 Å². The summed E-state index contributed by atoms with van der Waals surface area (Å²) in [7, 11) is 0. The zero-order chi connectivity index (χ0) is 20.5. The maximum atomic E-state index is 12.2. The zero-order valence-electron chi connectivity index (χ0n) is 17.0. The first-order valence-electron chi connectivity index (χ1n) is 9.82. The number of piperidine rings is 1. The lowest BCUT2D eigenvalue weighted by Crippen LogP contribution is -2.47. The lowest BCUT2D eigenvalue weighted by atomic mass is 10.0. The van der Waals surface area contributed by atoms with Gasteiger partial charge < -0.3 is 19.7 Å². The molecule has 0 spiro atoms. The fourth-order valence-corrected chi connectivity index (χ4v) is 3.10. The summed E-state index contributed by atoms with van der Waals surface area (Å²) < 4.78 is 10.4. The predicted octanol–water partition coefficient (Wildman–Crippen LogP) is 2.13. The van der Waals surface area contributed by atoms with Gasteiger partial charge in [-0.15, -0.1) is 0 Å². The number of likely N-dealkylation sites (tertiary alicyclic amines) is 1. The second kappa shape index (κ2) is 10.7. The molecule has 0 aromatic heterocycles. The lowest BCUT2D eigenvalue weighted by Gasteiger charge is -2.32. The Morgan fingerprint density at radius 1 is 1.11 bits per heavy atom. The SMILES string of the molecule is CCOC(=O)CCC(=O)N1CCC(NC(=O)COc2ccc(C)c(C)c2)CC1. The van der Waals surface area contributed by atoms with Crippen molar-refractivity contribution < 1.29 is 23.9 Å². The van der Waals surface area contributed by atoms with Gasteiger partial charge in [-0.05, 0) is 56.9 Å². The van der Waals surface area contributed by atoms with Gasteiger partial charge in [-0.3, -0.25) is 14.4 Å². The van der Waals surface area contributed by atoms with Gasteiger partial charge in [0.1, 0.15) is 5.75 Å². The molecule has 0 atom stereocenters. The highest BCUT2D eigenvalue weighted by atomic mass is 16.5. The second-order valence-corrected chi connectivity index (χ2v) is 7.06. The number of hydrogen-bond acceptors (Lipinski definition) is 5. The fourth-order valence-electron chi connectivity index (χ4n) is 3.10. The number of carbonyl (C=O) groups is 3. The first-order chi connectivity index (χ1) is 13.4. The van der Waals surface area contributed by atoms with Gasteiger partial charge in [0.05, 0.1) is 13.0 Å². The van der Waals surface area contributed by atoms with Crippen molar-refractivity contribution in [2.45, 2.75) is 52.5 Å². The Morgan fingerprint density at radius 3 is 2.46 bits per heavy atom. The molecule has 1 aromatic carbocycles. The highest BCUT2D eigenvalue weighted by Crippen LogP contribution is 2.16. The monoisotopic (exact) mass is 390 g/mol. The van der Waals surface area contributed by atoms with Crippen molar-refractivity contribution in [2.75, 3.05) is 26.3 Å². The molecule has 0 saturated carbocycles. The van der Waals surface area contributed by atoms with Crippen LogP contribution >= 0.6 is 0 Å². The topological polar surface area (TPSA) is 84.9 Å². The molecule has 154 valence electrons. The van der Waals surface area contributed by atoms with Gasteiger partial charge in [0.15, 0.2) is 6.61 Å². The van der Waals surface area contributed by atoms with E-state index in [-0.39, 0.29) is 43.3 Å². The molecule has 1 fully saturated rings. The number of amides is 2. The molecule has 2 rings (SSSR count). The average Bonchev–Trinajstić information content (AvgIpc) is 2.68. The summed E-state index contributed by atoms with van der Waals surface area (Å²) in [6, 6.07) is 5.78. The molecule has 1 aliphatic rings. The first-order valence-corrected chi connectivity index (χ1v) is 9.82. The fraction of sp³-hybridized carbons (Fsp3) is 0.571. The molecule has 0 radical (unpaired) electrons. The van der Waals surface area contributed by atoms with E-state index in [0.29, 0.717) is 38.3 Å². The van der Waals surface area contributed by atoms with Crippen molar-refractivity contribution in [1.82, 2.24) is 10.2 Å². The first kappa shape index (κ1) is 21.7. The van der Waals surface area contributed by atoms with Crippen molar-refractivity contribution in [2.24, 2.45) is 0 Å². The maximum Gasteiger partial charge on any atom is 0.306 e. The minimum atomic E-state index is -0.346. The van der Waals surface area contributed by atoms with Crippen LogP contribution in [0.2, 0.25) is 0 Å². The Kier molecular flexibility index (Phi) is 8.29. The minimum absolute atomic E-state index is 0.0266. The number of esters is 1. The number of nitrogens with one attached hydrogen (secondary N) is 1. The van der Waals surface area contributed by atoms with E-state index in [1.165, 1.54) is 5.56 Å². The second-order valence-electron chi connectivity index (χ2n) is 7.06. The van der Waals surface area contributed by atoms with Crippen molar-refractivity contribution >= 4 is 17.8 Å². The summed E-state index contributed by atoms with van der Waals surface area (Å²) in [5, 5.41) is 2.97. The lowest BCUT2D eigenvalue weighted by molar-refractivity contribution is -0.146. The van der Waals surface area contributed by atoms with Crippen molar-refractivity contribution in [1.29, 1.82) is 0 Å². The quantitative estimate of drug-likeness (QED) is 0.688. The Hall–Kier alpha value is -2.57. The molecule has 1 N–H and O–H groups in total. The molecule has 28 heavy (non-hydrogen) atoms.